The van der Waals surface area contributed by atoms with Crippen molar-refractivity contribution < 1.29 is 69.2 Å². The number of ether oxygens (including phenoxy) is 1. The molecule has 9 heteroatoms. The monoisotopic (exact) mass is 558 g/mol. The largest absolute Gasteiger partial charge is 3.00 e. The van der Waals surface area contributed by atoms with Crippen molar-refractivity contribution in [2.24, 2.45) is 0 Å². The molecule has 0 fully saturated rings. The first-order valence-corrected chi connectivity index (χ1v) is 9.59. The van der Waals surface area contributed by atoms with Crippen LogP contribution in [0.15, 0.2) is 66.7 Å². The summed E-state index contributed by atoms with van der Waals surface area (Å²) in [7, 11) is 1.58. The summed E-state index contributed by atoms with van der Waals surface area (Å²) in [5, 5.41) is 20.8. The zero-order chi connectivity index (χ0) is 21.3. The van der Waals surface area contributed by atoms with Crippen molar-refractivity contribution in [3.8, 4) is 51.2 Å². The van der Waals surface area contributed by atoms with Gasteiger partial charge in [-0.05, 0) is 73.5 Å². The number of phenolic OH excluding ortho intramolecular Hbond substituents is 2. The Balaban J connectivity index is 0.00000272. The molecule has 0 radical (unpaired) electrons. The standard InChI is InChI=1S/C25H22N2O3.3ClH.Mn/c1-15-10-12-18(25(29)16(15)2)20-6-4-8-22(26-20)23-9-5-7-21(27-23)19-14-17(30-3)11-13-24(19)28;;;;/h4-14,28-29H,1-3H3;3*1H;/q;;;;+3/p-3. The van der Waals surface area contributed by atoms with Gasteiger partial charge in [0.25, 0.3) is 0 Å². The molecule has 0 amide bonds. The molecule has 0 saturated heterocycles. The summed E-state index contributed by atoms with van der Waals surface area (Å²) in [5.41, 5.74) is 5.76. The van der Waals surface area contributed by atoms with Gasteiger partial charge in [0.15, 0.2) is 0 Å². The van der Waals surface area contributed by atoms with Crippen molar-refractivity contribution in [2.75, 3.05) is 7.11 Å². The molecule has 0 spiro atoms. The van der Waals surface area contributed by atoms with Gasteiger partial charge in [0.1, 0.15) is 17.2 Å². The van der Waals surface area contributed by atoms with E-state index < -0.39 is 0 Å². The maximum absolute atomic E-state index is 10.6. The van der Waals surface area contributed by atoms with E-state index in [9.17, 15) is 10.2 Å². The number of rotatable bonds is 4. The Morgan fingerprint density at radius 1 is 0.676 bits per heavy atom. The number of aromatic hydroxyl groups is 2. The van der Waals surface area contributed by atoms with Gasteiger partial charge in [0.05, 0.1) is 29.9 Å². The molecule has 4 rings (SSSR count). The zero-order valence-electron chi connectivity index (χ0n) is 18.6. The fraction of sp³-hybridized carbons (Fsp3) is 0.120. The minimum absolute atomic E-state index is 0. The third kappa shape index (κ3) is 6.35. The molecular formula is C25H22Cl3MnN2O3. The molecule has 2 N–H and O–H groups in total. The van der Waals surface area contributed by atoms with Crippen LogP contribution in [0.4, 0.5) is 0 Å². The third-order valence-electron chi connectivity index (χ3n) is 5.22. The molecule has 4 aromatic rings. The molecule has 0 aliphatic carbocycles. The Kier molecular flexibility index (Phi) is 12.5. The van der Waals surface area contributed by atoms with E-state index in [2.05, 4.69) is 0 Å². The summed E-state index contributed by atoms with van der Waals surface area (Å²) in [6.07, 6.45) is 0. The molecule has 178 valence electrons. The van der Waals surface area contributed by atoms with Gasteiger partial charge < -0.3 is 52.2 Å². The Morgan fingerprint density at radius 2 is 1.21 bits per heavy atom. The Labute approximate surface area is 228 Å². The minimum atomic E-state index is 0. The van der Waals surface area contributed by atoms with E-state index in [1.165, 1.54) is 0 Å². The fourth-order valence-electron chi connectivity index (χ4n) is 3.31. The quantitative estimate of drug-likeness (QED) is 0.254. The SMILES string of the molecule is COc1ccc(O)c(-c2cccc(-c3cccc(-c4ccc(C)c(C)c4O)n3)n2)c1.[Cl-].[Cl-].[Cl-].[Mn+3]. The van der Waals surface area contributed by atoms with E-state index in [4.69, 9.17) is 14.7 Å². The van der Waals surface area contributed by atoms with Gasteiger partial charge in [-0.15, -0.1) is 0 Å². The van der Waals surface area contributed by atoms with Crippen molar-refractivity contribution in [1.29, 1.82) is 0 Å². The van der Waals surface area contributed by atoms with Crippen molar-refractivity contribution >= 4 is 0 Å². The average molecular weight is 560 g/mol. The van der Waals surface area contributed by atoms with E-state index in [0.29, 0.717) is 39.7 Å². The van der Waals surface area contributed by atoms with Crippen LogP contribution in [0.2, 0.25) is 0 Å². The molecule has 0 aliphatic heterocycles. The van der Waals surface area contributed by atoms with Crippen LogP contribution in [0.5, 0.6) is 17.2 Å². The Bertz CT molecular complexity index is 1260. The smallest absolute Gasteiger partial charge is 1.00 e. The number of nitrogens with zero attached hydrogens (tertiary/aromatic N) is 2. The first-order valence-electron chi connectivity index (χ1n) is 9.59. The predicted octanol–water partition coefficient (Wildman–Crippen LogP) is -3.48. The summed E-state index contributed by atoms with van der Waals surface area (Å²) in [6.45, 7) is 3.86. The van der Waals surface area contributed by atoms with Crippen molar-refractivity contribution in [3.05, 3.63) is 77.9 Å². The van der Waals surface area contributed by atoms with Crippen molar-refractivity contribution in [1.82, 2.24) is 9.97 Å². The summed E-state index contributed by atoms with van der Waals surface area (Å²) >= 11 is 0. The van der Waals surface area contributed by atoms with Gasteiger partial charge in [0.2, 0.25) is 0 Å². The fourth-order valence-corrected chi connectivity index (χ4v) is 3.31. The second kappa shape index (κ2) is 13.4. The molecule has 0 saturated carbocycles. The van der Waals surface area contributed by atoms with E-state index in [-0.39, 0.29) is 65.8 Å². The van der Waals surface area contributed by atoms with Gasteiger partial charge in [-0.3, -0.25) is 0 Å². The van der Waals surface area contributed by atoms with Gasteiger partial charge in [-0.2, -0.15) is 0 Å². The van der Waals surface area contributed by atoms with Gasteiger partial charge in [-0.1, -0.05) is 18.2 Å². The normalized spacial score (nSPS) is 9.50. The molecule has 0 unspecified atom stereocenters. The van der Waals surface area contributed by atoms with Crippen molar-refractivity contribution in [3.63, 3.8) is 0 Å². The molecule has 0 bridgehead atoms. The summed E-state index contributed by atoms with van der Waals surface area (Å²) < 4.78 is 5.27. The summed E-state index contributed by atoms with van der Waals surface area (Å²) in [4.78, 5) is 9.42. The second-order valence-electron chi connectivity index (χ2n) is 7.10. The number of phenols is 2. The molecule has 0 aliphatic rings. The molecule has 2 heterocycles. The number of aryl methyl sites for hydroxylation is 1. The summed E-state index contributed by atoms with van der Waals surface area (Å²) in [6, 6.07) is 20.1. The first kappa shape index (κ1) is 31.5. The number of aromatic nitrogens is 2. The maximum atomic E-state index is 10.6. The second-order valence-corrected chi connectivity index (χ2v) is 7.10. The van der Waals surface area contributed by atoms with E-state index in [1.54, 1.807) is 25.3 Å². The predicted molar refractivity (Wildman–Crippen MR) is 118 cm³/mol. The number of benzene rings is 2. The van der Waals surface area contributed by atoms with Crippen LogP contribution in [0.25, 0.3) is 33.9 Å². The zero-order valence-corrected chi connectivity index (χ0v) is 22.0. The van der Waals surface area contributed by atoms with Crippen LogP contribution in [-0.2, 0) is 17.1 Å². The molecule has 34 heavy (non-hydrogen) atoms. The average Bonchev–Trinajstić information content (AvgIpc) is 2.78. The molecule has 2 aromatic heterocycles. The van der Waals surface area contributed by atoms with E-state index in [1.807, 2.05) is 62.4 Å². The molecular weight excluding hydrogens is 538 g/mol. The number of halogens is 3. The van der Waals surface area contributed by atoms with Gasteiger partial charge >= 0.3 is 17.1 Å². The number of hydrogen-bond acceptors (Lipinski definition) is 5. The number of pyridine rings is 2. The van der Waals surface area contributed by atoms with Crippen LogP contribution >= 0.6 is 0 Å². The van der Waals surface area contributed by atoms with Gasteiger partial charge in [-0.25, -0.2) is 9.97 Å². The number of methoxy groups -OCH3 is 1. The van der Waals surface area contributed by atoms with Crippen LogP contribution in [0.1, 0.15) is 11.1 Å². The molecule has 2 aromatic carbocycles. The summed E-state index contributed by atoms with van der Waals surface area (Å²) in [5.74, 6) is 1.00. The van der Waals surface area contributed by atoms with Gasteiger partial charge in [0, 0.05) is 11.1 Å². The van der Waals surface area contributed by atoms with Crippen LogP contribution in [-0.4, -0.2) is 27.3 Å². The van der Waals surface area contributed by atoms with Crippen molar-refractivity contribution in [2.45, 2.75) is 13.8 Å². The Morgan fingerprint density at radius 3 is 1.76 bits per heavy atom. The maximum Gasteiger partial charge on any atom is 3.00 e. The van der Waals surface area contributed by atoms with Crippen LogP contribution in [0, 0.1) is 13.8 Å². The molecule has 5 nitrogen and oxygen atoms in total. The Hall–Kier alpha value is -2.47. The van der Waals surface area contributed by atoms with Crippen LogP contribution in [0.3, 0.4) is 0 Å². The minimum Gasteiger partial charge on any atom is -1.00 e. The van der Waals surface area contributed by atoms with Crippen LogP contribution < -0.4 is 42.0 Å². The molecule has 0 atom stereocenters. The number of hydrogen-bond donors (Lipinski definition) is 2. The first-order chi connectivity index (χ1) is 14.5. The third-order valence-corrected chi connectivity index (χ3v) is 5.22. The topological polar surface area (TPSA) is 75.5 Å². The van der Waals surface area contributed by atoms with E-state index in [0.717, 1.165) is 11.1 Å². The van der Waals surface area contributed by atoms with E-state index >= 15 is 0 Å².